The van der Waals surface area contributed by atoms with Crippen molar-refractivity contribution in [2.75, 3.05) is 17.6 Å². The highest BCUT2D eigenvalue weighted by Crippen LogP contribution is 2.29. The summed E-state index contributed by atoms with van der Waals surface area (Å²) in [7, 11) is -1.89. The molecule has 0 aliphatic carbocycles. The standard InChI is InChI=1S/C11H14N4O3S/c1-15(19(2,16)17)9-6-4-3-5-8(9)11-13-10(7-12)18-14-11/h3-6H,7,12H2,1-2H3. The Morgan fingerprint density at radius 3 is 2.63 bits per heavy atom. The van der Waals surface area contributed by atoms with E-state index in [4.69, 9.17) is 10.3 Å². The van der Waals surface area contributed by atoms with E-state index < -0.39 is 10.0 Å². The van der Waals surface area contributed by atoms with Gasteiger partial charge in [-0.3, -0.25) is 4.31 Å². The second kappa shape index (κ2) is 4.98. The van der Waals surface area contributed by atoms with Gasteiger partial charge >= 0.3 is 0 Å². The number of para-hydroxylation sites is 1. The van der Waals surface area contributed by atoms with E-state index in [0.29, 0.717) is 23.0 Å². The van der Waals surface area contributed by atoms with Crippen LogP contribution in [0.2, 0.25) is 0 Å². The van der Waals surface area contributed by atoms with E-state index >= 15 is 0 Å². The Morgan fingerprint density at radius 1 is 1.37 bits per heavy atom. The number of nitrogens with zero attached hydrogens (tertiary/aromatic N) is 3. The third kappa shape index (κ3) is 2.74. The van der Waals surface area contributed by atoms with Gasteiger partial charge in [0, 0.05) is 12.6 Å². The molecule has 19 heavy (non-hydrogen) atoms. The Morgan fingerprint density at radius 2 is 2.05 bits per heavy atom. The van der Waals surface area contributed by atoms with Crippen molar-refractivity contribution in [2.24, 2.45) is 5.73 Å². The molecule has 0 radical (unpaired) electrons. The van der Waals surface area contributed by atoms with Crippen LogP contribution in [0.15, 0.2) is 28.8 Å². The number of benzene rings is 1. The van der Waals surface area contributed by atoms with Gasteiger partial charge in [-0.2, -0.15) is 4.98 Å². The van der Waals surface area contributed by atoms with Gasteiger partial charge in [-0.25, -0.2) is 8.42 Å². The van der Waals surface area contributed by atoms with Crippen LogP contribution in [0.25, 0.3) is 11.4 Å². The Hall–Kier alpha value is -1.93. The molecule has 0 aliphatic rings. The maximum absolute atomic E-state index is 11.6. The monoisotopic (exact) mass is 282 g/mol. The number of nitrogens with two attached hydrogens (primary N) is 1. The lowest BCUT2D eigenvalue weighted by atomic mass is 10.1. The molecule has 0 spiro atoms. The summed E-state index contributed by atoms with van der Waals surface area (Å²) >= 11 is 0. The highest BCUT2D eigenvalue weighted by atomic mass is 32.2. The van der Waals surface area contributed by atoms with Crippen molar-refractivity contribution in [1.82, 2.24) is 10.1 Å². The number of anilines is 1. The first kappa shape index (κ1) is 13.5. The number of hydrogen-bond donors (Lipinski definition) is 1. The van der Waals surface area contributed by atoms with Crippen LogP contribution in [0.4, 0.5) is 5.69 Å². The van der Waals surface area contributed by atoms with Crippen LogP contribution in [-0.4, -0.2) is 31.9 Å². The molecule has 0 unspecified atom stereocenters. The molecule has 0 saturated heterocycles. The van der Waals surface area contributed by atoms with E-state index in [1.807, 2.05) is 0 Å². The van der Waals surface area contributed by atoms with Gasteiger partial charge < -0.3 is 10.3 Å². The van der Waals surface area contributed by atoms with Crippen molar-refractivity contribution in [3.63, 3.8) is 0 Å². The van der Waals surface area contributed by atoms with Crippen LogP contribution in [0, 0.1) is 0 Å². The minimum Gasteiger partial charge on any atom is -0.338 e. The van der Waals surface area contributed by atoms with Crippen molar-refractivity contribution in [3.8, 4) is 11.4 Å². The third-order valence-corrected chi connectivity index (χ3v) is 3.82. The molecule has 2 aromatic rings. The van der Waals surface area contributed by atoms with E-state index in [9.17, 15) is 8.42 Å². The highest BCUT2D eigenvalue weighted by Gasteiger charge is 2.19. The lowest BCUT2D eigenvalue weighted by Gasteiger charge is -2.18. The summed E-state index contributed by atoms with van der Waals surface area (Å²) in [6.07, 6.45) is 1.13. The Labute approximate surface area is 111 Å². The fraction of sp³-hybridized carbons (Fsp3) is 0.273. The van der Waals surface area contributed by atoms with Gasteiger partial charge in [0.2, 0.25) is 21.7 Å². The van der Waals surface area contributed by atoms with Crippen molar-refractivity contribution < 1.29 is 12.9 Å². The summed E-state index contributed by atoms with van der Waals surface area (Å²) in [4.78, 5) is 4.10. The number of hydrogen-bond acceptors (Lipinski definition) is 6. The number of sulfonamides is 1. The maximum atomic E-state index is 11.6. The summed E-state index contributed by atoms with van der Waals surface area (Å²) in [6, 6.07) is 6.91. The van der Waals surface area contributed by atoms with Crippen LogP contribution < -0.4 is 10.0 Å². The number of aromatic nitrogens is 2. The molecule has 0 bridgehead atoms. The zero-order valence-electron chi connectivity index (χ0n) is 10.6. The Kier molecular flexibility index (Phi) is 3.54. The largest absolute Gasteiger partial charge is 0.338 e. The van der Waals surface area contributed by atoms with Crippen LogP contribution in [-0.2, 0) is 16.6 Å². The molecule has 8 heteroatoms. The Bertz CT molecular complexity index is 681. The predicted octanol–water partition coefficient (Wildman–Crippen LogP) is 0.591. The van der Waals surface area contributed by atoms with E-state index in [1.54, 1.807) is 24.3 Å². The molecular weight excluding hydrogens is 268 g/mol. The van der Waals surface area contributed by atoms with Gasteiger partial charge in [-0.05, 0) is 12.1 Å². The van der Waals surface area contributed by atoms with Gasteiger partial charge in [0.1, 0.15) is 0 Å². The molecule has 0 saturated carbocycles. The zero-order chi connectivity index (χ0) is 14.0. The minimum atomic E-state index is -3.36. The average molecular weight is 282 g/mol. The predicted molar refractivity (Wildman–Crippen MR) is 70.9 cm³/mol. The zero-order valence-corrected chi connectivity index (χ0v) is 11.4. The minimum absolute atomic E-state index is 0.136. The highest BCUT2D eigenvalue weighted by molar-refractivity contribution is 7.92. The molecule has 2 rings (SSSR count). The first-order valence-corrected chi connectivity index (χ1v) is 7.34. The molecule has 1 aromatic carbocycles. The lowest BCUT2D eigenvalue weighted by Crippen LogP contribution is -2.25. The quantitative estimate of drug-likeness (QED) is 0.880. The van der Waals surface area contributed by atoms with Crippen molar-refractivity contribution in [1.29, 1.82) is 0 Å². The summed E-state index contributed by atoms with van der Waals surface area (Å²) in [6.45, 7) is 0.136. The van der Waals surface area contributed by atoms with Crippen LogP contribution >= 0.6 is 0 Å². The maximum Gasteiger partial charge on any atom is 0.240 e. The fourth-order valence-electron chi connectivity index (χ4n) is 1.56. The normalized spacial score (nSPS) is 11.5. The summed E-state index contributed by atoms with van der Waals surface area (Å²) in [5.41, 5.74) is 6.46. The molecule has 0 atom stereocenters. The van der Waals surface area contributed by atoms with Gasteiger partial charge in [0.15, 0.2) is 0 Å². The first-order valence-electron chi connectivity index (χ1n) is 5.49. The van der Waals surface area contributed by atoms with E-state index in [-0.39, 0.29) is 6.54 Å². The third-order valence-electron chi connectivity index (χ3n) is 2.62. The van der Waals surface area contributed by atoms with Crippen molar-refractivity contribution in [2.45, 2.75) is 6.54 Å². The molecule has 2 N–H and O–H groups in total. The smallest absolute Gasteiger partial charge is 0.240 e. The molecule has 1 heterocycles. The van der Waals surface area contributed by atoms with Gasteiger partial charge in [0.25, 0.3) is 0 Å². The van der Waals surface area contributed by atoms with Crippen molar-refractivity contribution >= 4 is 15.7 Å². The Balaban J connectivity index is 2.53. The molecule has 102 valence electrons. The van der Waals surface area contributed by atoms with E-state index in [2.05, 4.69) is 10.1 Å². The van der Waals surface area contributed by atoms with Gasteiger partial charge in [0.05, 0.1) is 18.5 Å². The summed E-state index contributed by atoms with van der Waals surface area (Å²) in [5.74, 6) is 0.610. The second-order valence-corrected chi connectivity index (χ2v) is 5.98. The summed E-state index contributed by atoms with van der Waals surface area (Å²) < 4.78 is 29.3. The van der Waals surface area contributed by atoms with Gasteiger partial charge in [-0.1, -0.05) is 17.3 Å². The molecule has 7 nitrogen and oxygen atoms in total. The second-order valence-electron chi connectivity index (χ2n) is 3.96. The average Bonchev–Trinajstić information content (AvgIpc) is 2.85. The first-order chi connectivity index (χ1) is 8.93. The van der Waals surface area contributed by atoms with E-state index in [0.717, 1.165) is 6.26 Å². The fourth-order valence-corrected chi connectivity index (χ4v) is 2.08. The molecular formula is C11H14N4O3S. The lowest BCUT2D eigenvalue weighted by molar-refractivity contribution is 0.380. The SMILES string of the molecule is CN(c1ccccc1-c1noc(CN)n1)S(C)(=O)=O. The van der Waals surface area contributed by atoms with Gasteiger partial charge in [-0.15, -0.1) is 0 Å². The topological polar surface area (TPSA) is 102 Å². The molecule has 1 aromatic heterocycles. The molecule has 0 aliphatic heterocycles. The van der Waals surface area contributed by atoms with Crippen LogP contribution in [0.3, 0.4) is 0 Å². The van der Waals surface area contributed by atoms with Crippen LogP contribution in [0.5, 0.6) is 0 Å². The molecule has 0 amide bonds. The number of rotatable bonds is 4. The molecule has 0 fully saturated rings. The van der Waals surface area contributed by atoms with E-state index in [1.165, 1.54) is 11.4 Å². The summed E-state index contributed by atoms with van der Waals surface area (Å²) in [5, 5.41) is 3.79. The van der Waals surface area contributed by atoms with Crippen molar-refractivity contribution in [3.05, 3.63) is 30.2 Å². The van der Waals surface area contributed by atoms with Crippen LogP contribution in [0.1, 0.15) is 5.89 Å².